The number of rotatable bonds is 3. The van der Waals surface area contributed by atoms with Gasteiger partial charge in [-0.1, -0.05) is 13.8 Å². The molecule has 4 nitrogen and oxygen atoms in total. The van der Waals surface area contributed by atoms with Crippen molar-refractivity contribution in [3.8, 4) is 0 Å². The average Bonchev–Trinajstić information content (AvgIpc) is 3.15. The molecule has 1 amide bonds. The summed E-state index contributed by atoms with van der Waals surface area (Å²) in [6.07, 6.45) is 4.92. The highest BCUT2D eigenvalue weighted by Gasteiger charge is 2.40. The highest BCUT2D eigenvalue weighted by molar-refractivity contribution is 5.80. The van der Waals surface area contributed by atoms with Gasteiger partial charge in [0, 0.05) is 13.0 Å². The summed E-state index contributed by atoms with van der Waals surface area (Å²) in [5, 5.41) is 10.1. The van der Waals surface area contributed by atoms with E-state index in [1.165, 1.54) is 0 Å². The number of nitrogens with zero attached hydrogens (tertiary/aromatic N) is 1. The van der Waals surface area contributed by atoms with Crippen LogP contribution in [-0.2, 0) is 11.2 Å². The molecule has 0 aromatic carbocycles. The fraction of sp³-hybridized carbons (Fsp3) is 0.722. The highest BCUT2D eigenvalue weighted by Crippen LogP contribution is 2.38. The van der Waals surface area contributed by atoms with Crippen LogP contribution in [0.25, 0.3) is 0 Å². The molecule has 1 aromatic heterocycles. The lowest BCUT2D eigenvalue weighted by Crippen LogP contribution is -2.45. The van der Waals surface area contributed by atoms with Gasteiger partial charge in [-0.2, -0.15) is 0 Å². The minimum Gasteiger partial charge on any atom is -0.464 e. The second-order valence-electron chi connectivity index (χ2n) is 6.94. The van der Waals surface area contributed by atoms with Gasteiger partial charge in [0.05, 0.1) is 18.1 Å². The first-order valence-corrected chi connectivity index (χ1v) is 8.67. The first kappa shape index (κ1) is 15.6. The van der Waals surface area contributed by atoms with E-state index < -0.39 is 6.10 Å². The Bertz CT molecular complexity index is 524. The number of aryl methyl sites for hydroxylation is 1. The predicted molar refractivity (Wildman–Crippen MR) is 84.3 cm³/mol. The number of hydrogen-bond donors (Lipinski definition) is 1. The highest BCUT2D eigenvalue weighted by atomic mass is 16.3. The topological polar surface area (TPSA) is 53.7 Å². The van der Waals surface area contributed by atoms with Crippen LogP contribution in [0.1, 0.15) is 63.5 Å². The third-order valence-electron chi connectivity index (χ3n) is 5.30. The molecule has 4 unspecified atom stereocenters. The maximum absolute atomic E-state index is 12.9. The van der Waals surface area contributed by atoms with E-state index >= 15 is 0 Å². The minimum absolute atomic E-state index is 0.0318. The van der Waals surface area contributed by atoms with Crippen molar-refractivity contribution in [2.24, 2.45) is 11.8 Å². The molecule has 0 bridgehead atoms. The Labute approximate surface area is 132 Å². The van der Waals surface area contributed by atoms with Crippen LogP contribution in [0.2, 0.25) is 0 Å². The maximum Gasteiger partial charge on any atom is 0.228 e. The molecule has 3 rings (SSSR count). The van der Waals surface area contributed by atoms with Crippen LogP contribution >= 0.6 is 0 Å². The van der Waals surface area contributed by atoms with E-state index in [0.717, 1.165) is 56.6 Å². The molecule has 1 aliphatic carbocycles. The molecule has 2 fully saturated rings. The number of aliphatic hydroxyl groups is 1. The van der Waals surface area contributed by atoms with Crippen molar-refractivity contribution >= 4 is 5.91 Å². The molecule has 22 heavy (non-hydrogen) atoms. The number of likely N-dealkylation sites (tertiary alicyclic amines) is 1. The summed E-state index contributed by atoms with van der Waals surface area (Å²) in [7, 11) is 0. The summed E-state index contributed by atoms with van der Waals surface area (Å²) in [5.74, 6) is 2.39. The van der Waals surface area contributed by atoms with E-state index in [2.05, 4.69) is 13.8 Å². The fourth-order valence-electron chi connectivity index (χ4n) is 3.88. The van der Waals surface area contributed by atoms with Gasteiger partial charge in [-0.05, 0) is 50.2 Å². The van der Waals surface area contributed by atoms with Crippen molar-refractivity contribution < 1.29 is 14.3 Å². The standard InChI is InChI=1S/C18H27NO3/c1-3-13-7-8-17(22-13)15-11-12(2)9-10-19(15)18(21)14-5-4-6-16(14)20/h7-8,12,14-16,20H,3-6,9-11H2,1-2H3. The summed E-state index contributed by atoms with van der Waals surface area (Å²) in [6.45, 7) is 5.09. The molecule has 4 atom stereocenters. The molecular weight excluding hydrogens is 278 g/mol. The third kappa shape index (κ3) is 2.94. The van der Waals surface area contributed by atoms with Gasteiger partial charge in [0.2, 0.25) is 5.91 Å². The predicted octanol–water partition coefficient (Wildman–Crippen LogP) is 3.30. The van der Waals surface area contributed by atoms with Crippen molar-refractivity contribution in [3.05, 3.63) is 23.7 Å². The van der Waals surface area contributed by atoms with Crippen molar-refractivity contribution in [3.63, 3.8) is 0 Å². The van der Waals surface area contributed by atoms with Crippen molar-refractivity contribution in [2.45, 2.75) is 64.5 Å². The van der Waals surface area contributed by atoms with Crippen LogP contribution in [0.4, 0.5) is 0 Å². The number of carbonyl (C=O) groups is 1. The van der Waals surface area contributed by atoms with Crippen LogP contribution in [-0.4, -0.2) is 28.6 Å². The minimum atomic E-state index is -0.463. The molecule has 0 spiro atoms. The molecule has 1 aromatic rings. The quantitative estimate of drug-likeness (QED) is 0.932. The van der Waals surface area contributed by atoms with Gasteiger partial charge in [-0.3, -0.25) is 4.79 Å². The number of amides is 1. The van der Waals surface area contributed by atoms with E-state index in [4.69, 9.17) is 4.42 Å². The molecule has 2 heterocycles. The first-order chi connectivity index (χ1) is 10.6. The van der Waals surface area contributed by atoms with Gasteiger partial charge in [0.15, 0.2) is 0 Å². The largest absolute Gasteiger partial charge is 0.464 e. The number of aliphatic hydroxyl groups excluding tert-OH is 1. The number of furan rings is 1. The summed E-state index contributed by atoms with van der Waals surface area (Å²) in [4.78, 5) is 14.9. The summed E-state index contributed by atoms with van der Waals surface area (Å²) >= 11 is 0. The van der Waals surface area contributed by atoms with Crippen molar-refractivity contribution in [1.82, 2.24) is 4.90 Å². The monoisotopic (exact) mass is 305 g/mol. The van der Waals surface area contributed by atoms with E-state index in [-0.39, 0.29) is 17.9 Å². The Balaban J connectivity index is 1.81. The Morgan fingerprint density at radius 1 is 1.36 bits per heavy atom. The molecule has 1 aliphatic heterocycles. The van der Waals surface area contributed by atoms with Crippen LogP contribution in [0.5, 0.6) is 0 Å². The molecule has 2 aliphatic rings. The maximum atomic E-state index is 12.9. The Hall–Kier alpha value is -1.29. The molecule has 4 heteroatoms. The summed E-state index contributed by atoms with van der Waals surface area (Å²) < 4.78 is 5.93. The Morgan fingerprint density at radius 3 is 2.82 bits per heavy atom. The summed E-state index contributed by atoms with van der Waals surface area (Å²) in [5.41, 5.74) is 0. The van der Waals surface area contributed by atoms with E-state index in [1.54, 1.807) is 0 Å². The van der Waals surface area contributed by atoms with Crippen LogP contribution < -0.4 is 0 Å². The van der Waals surface area contributed by atoms with E-state index in [0.29, 0.717) is 5.92 Å². The van der Waals surface area contributed by atoms with Gasteiger partial charge >= 0.3 is 0 Å². The smallest absolute Gasteiger partial charge is 0.228 e. The van der Waals surface area contributed by atoms with Crippen molar-refractivity contribution in [1.29, 1.82) is 0 Å². The molecule has 1 saturated heterocycles. The van der Waals surface area contributed by atoms with Gasteiger partial charge in [0.25, 0.3) is 0 Å². The van der Waals surface area contributed by atoms with Crippen LogP contribution in [0.15, 0.2) is 16.5 Å². The van der Waals surface area contributed by atoms with Crippen LogP contribution in [0.3, 0.4) is 0 Å². The van der Waals surface area contributed by atoms with E-state index in [1.807, 2.05) is 17.0 Å². The van der Waals surface area contributed by atoms with Crippen molar-refractivity contribution in [2.75, 3.05) is 6.54 Å². The molecule has 0 radical (unpaired) electrons. The normalized spacial score (nSPS) is 32.4. The third-order valence-corrected chi connectivity index (χ3v) is 5.30. The lowest BCUT2D eigenvalue weighted by Gasteiger charge is -2.39. The second-order valence-corrected chi connectivity index (χ2v) is 6.94. The lowest BCUT2D eigenvalue weighted by molar-refractivity contribution is -0.143. The Morgan fingerprint density at radius 2 is 2.18 bits per heavy atom. The zero-order chi connectivity index (χ0) is 15.7. The van der Waals surface area contributed by atoms with Crippen LogP contribution in [0, 0.1) is 11.8 Å². The summed E-state index contributed by atoms with van der Waals surface area (Å²) in [6, 6.07) is 4.07. The fourth-order valence-corrected chi connectivity index (χ4v) is 3.88. The van der Waals surface area contributed by atoms with E-state index in [9.17, 15) is 9.90 Å². The number of piperidine rings is 1. The Kier molecular flexibility index (Phi) is 4.57. The molecule has 1 N–H and O–H groups in total. The molecular formula is C18H27NO3. The average molecular weight is 305 g/mol. The zero-order valence-electron chi connectivity index (χ0n) is 13.6. The van der Waals surface area contributed by atoms with Gasteiger partial charge in [0.1, 0.15) is 11.5 Å². The second kappa shape index (κ2) is 6.45. The number of carbonyl (C=O) groups excluding carboxylic acids is 1. The molecule has 1 saturated carbocycles. The molecule has 122 valence electrons. The SMILES string of the molecule is CCc1ccc(C2CC(C)CCN2C(=O)C2CCCC2O)o1. The first-order valence-electron chi connectivity index (χ1n) is 8.67. The number of hydrogen-bond acceptors (Lipinski definition) is 3. The van der Waals surface area contributed by atoms with Gasteiger partial charge in [-0.15, -0.1) is 0 Å². The van der Waals surface area contributed by atoms with Gasteiger partial charge < -0.3 is 14.4 Å². The lowest BCUT2D eigenvalue weighted by atomic mass is 9.89. The zero-order valence-corrected chi connectivity index (χ0v) is 13.6. The van der Waals surface area contributed by atoms with Gasteiger partial charge in [-0.25, -0.2) is 0 Å².